The van der Waals surface area contributed by atoms with E-state index >= 15 is 0 Å². The molecule has 2 atom stereocenters. The summed E-state index contributed by atoms with van der Waals surface area (Å²) in [5.74, 6) is 0. The summed E-state index contributed by atoms with van der Waals surface area (Å²) in [7, 11) is 0. The van der Waals surface area contributed by atoms with Gasteiger partial charge in [-0.1, -0.05) is 0 Å². The predicted octanol–water partition coefficient (Wildman–Crippen LogP) is 1.44. The predicted molar refractivity (Wildman–Crippen MR) is 52.4 cm³/mol. The van der Waals surface area contributed by atoms with E-state index in [1.807, 2.05) is 0 Å². The molecule has 0 amide bonds. The molecule has 0 saturated heterocycles. The summed E-state index contributed by atoms with van der Waals surface area (Å²) >= 11 is 0. The Morgan fingerprint density at radius 3 is 0.800 bits per heavy atom. The summed E-state index contributed by atoms with van der Waals surface area (Å²) in [6.07, 6.45) is -1.19. The maximum atomic E-state index is 8.38. The van der Waals surface area contributed by atoms with E-state index in [0.717, 1.165) is 0 Å². The van der Waals surface area contributed by atoms with Crippen LogP contribution in [0.5, 0.6) is 0 Å². The summed E-state index contributed by atoms with van der Waals surface area (Å²) in [4.78, 5) is 0. The van der Waals surface area contributed by atoms with E-state index in [4.69, 9.17) is 10.2 Å². The van der Waals surface area contributed by atoms with Gasteiger partial charge in [0.05, 0.1) is 12.2 Å². The number of halogens is 4. The molecule has 6 heteroatoms. The van der Waals surface area contributed by atoms with Crippen molar-refractivity contribution in [2.75, 3.05) is 0 Å². The third-order valence-electron chi connectivity index (χ3n) is 0.698. The van der Waals surface area contributed by atoms with Gasteiger partial charge >= 0.3 is 0 Å². The molecule has 0 fully saturated rings. The lowest BCUT2D eigenvalue weighted by atomic mass is 10.3. The number of hydrogen-bond acceptors (Lipinski definition) is 2. The standard InChI is InChI=1S/C4H10O2.4ClH/c1-3(5)4(2)6;;;;/h3-6H,1-2H3;4*1H. The minimum absolute atomic E-state index is 0. The van der Waals surface area contributed by atoms with Crippen LogP contribution in [0.15, 0.2) is 0 Å². The normalized spacial score (nSPS) is 12.0. The molecule has 0 spiro atoms. The second-order valence-electron chi connectivity index (χ2n) is 1.48. The van der Waals surface area contributed by atoms with Gasteiger partial charge in [-0.15, -0.1) is 49.6 Å². The average Bonchev–Trinajstić information content (AvgIpc) is 1.36. The molecule has 2 N–H and O–H groups in total. The van der Waals surface area contributed by atoms with Crippen molar-refractivity contribution >= 4 is 49.6 Å². The van der Waals surface area contributed by atoms with Crippen molar-refractivity contribution in [2.45, 2.75) is 26.1 Å². The van der Waals surface area contributed by atoms with Crippen molar-refractivity contribution in [1.29, 1.82) is 0 Å². The zero-order valence-corrected chi connectivity index (χ0v) is 8.95. The van der Waals surface area contributed by atoms with Gasteiger partial charge in [0.15, 0.2) is 0 Å². The van der Waals surface area contributed by atoms with Gasteiger partial charge < -0.3 is 10.2 Å². The van der Waals surface area contributed by atoms with Crippen LogP contribution in [0.1, 0.15) is 13.8 Å². The Hall–Kier alpha value is 1.08. The highest BCUT2D eigenvalue weighted by atomic mass is 35.5. The first-order chi connectivity index (χ1) is 2.64. The van der Waals surface area contributed by atoms with E-state index in [0.29, 0.717) is 0 Å². The lowest BCUT2D eigenvalue weighted by Crippen LogP contribution is -2.17. The molecule has 0 rings (SSSR count). The molecule has 0 aromatic heterocycles. The molecule has 70 valence electrons. The fourth-order valence-electron chi connectivity index (χ4n) is 0. The van der Waals surface area contributed by atoms with Crippen LogP contribution in [0.4, 0.5) is 0 Å². The summed E-state index contributed by atoms with van der Waals surface area (Å²) in [5.41, 5.74) is 0. The van der Waals surface area contributed by atoms with E-state index in [9.17, 15) is 0 Å². The van der Waals surface area contributed by atoms with Crippen LogP contribution in [0.25, 0.3) is 0 Å². The quantitative estimate of drug-likeness (QED) is 0.722. The molecule has 0 aliphatic heterocycles. The number of rotatable bonds is 1. The smallest absolute Gasteiger partial charge is 0.0768 e. The molecular weight excluding hydrogens is 222 g/mol. The van der Waals surface area contributed by atoms with Crippen LogP contribution in [-0.2, 0) is 0 Å². The van der Waals surface area contributed by atoms with Gasteiger partial charge in [0, 0.05) is 0 Å². The van der Waals surface area contributed by atoms with E-state index in [1.165, 1.54) is 0 Å². The summed E-state index contributed by atoms with van der Waals surface area (Å²) in [6.45, 7) is 3.09. The molecule has 0 aliphatic rings. The van der Waals surface area contributed by atoms with Crippen LogP contribution in [-0.4, -0.2) is 22.4 Å². The Morgan fingerprint density at radius 2 is 0.800 bits per heavy atom. The van der Waals surface area contributed by atoms with Gasteiger partial charge in [-0.25, -0.2) is 0 Å². The third-order valence-corrected chi connectivity index (χ3v) is 0.698. The highest BCUT2D eigenvalue weighted by molar-refractivity contribution is 5.86. The van der Waals surface area contributed by atoms with Crippen molar-refractivity contribution in [3.8, 4) is 0 Å². The highest BCUT2D eigenvalue weighted by Gasteiger charge is 1.99. The van der Waals surface area contributed by atoms with Crippen molar-refractivity contribution < 1.29 is 10.2 Å². The largest absolute Gasteiger partial charge is 0.391 e. The molecule has 0 aromatic rings. The first kappa shape index (κ1) is 30.5. The van der Waals surface area contributed by atoms with Crippen LogP contribution in [0, 0.1) is 0 Å². The second-order valence-corrected chi connectivity index (χ2v) is 1.48. The molecule has 0 heterocycles. The van der Waals surface area contributed by atoms with E-state index in [2.05, 4.69) is 0 Å². The van der Waals surface area contributed by atoms with Crippen molar-refractivity contribution in [1.82, 2.24) is 0 Å². The number of aliphatic hydroxyl groups is 2. The molecule has 0 bridgehead atoms. The Balaban J connectivity index is -0.0000000208. The van der Waals surface area contributed by atoms with E-state index in [1.54, 1.807) is 13.8 Å². The van der Waals surface area contributed by atoms with Crippen LogP contribution in [0.3, 0.4) is 0 Å². The van der Waals surface area contributed by atoms with Crippen LogP contribution in [0.2, 0.25) is 0 Å². The molecule has 2 unspecified atom stereocenters. The van der Waals surface area contributed by atoms with E-state index in [-0.39, 0.29) is 49.6 Å². The van der Waals surface area contributed by atoms with Crippen molar-refractivity contribution in [3.05, 3.63) is 0 Å². The monoisotopic (exact) mass is 234 g/mol. The van der Waals surface area contributed by atoms with Gasteiger partial charge in [0.1, 0.15) is 0 Å². The Labute approximate surface area is 86.0 Å². The molecule has 0 radical (unpaired) electrons. The summed E-state index contributed by atoms with van der Waals surface area (Å²) < 4.78 is 0. The van der Waals surface area contributed by atoms with Crippen LogP contribution >= 0.6 is 49.6 Å². The van der Waals surface area contributed by atoms with Crippen molar-refractivity contribution in [2.24, 2.45) is 0 Å². The third kappa shape index (κ3) is 23.0. The molecule has 2 nitrogen and oxygen atoms in total. The number of aliphatic hydroxyl groups excluding tert-OH is 2. The van der Waals surface area contributed by atoms with E-state index < -0.39 is 12.2 Å². The first-order valence-electron chi connectivity index (χ1n) is 2.00. The first-order valence-corrected chi connectivity index (χ1v) is 2.00. The minimum Gasteiger partial charge on any atom is -0.391 e. The molecular formula is C4H14Cl4O2. The van der Waals surface area contributed by atoms with Crippen molar-refractivity contribution in [3.63, 3.8) is 0 Å². The Morgan fingerprint density at radius 1 is 0.700 bits per heavy atom. The average molecular weight is 236 g/mol. The Bertz CT molecular complexity index is 36.2. The molecule has 0 aliphatic carbocycles. The summed E-state index contributed by atoms with van der Waals surface area (Å²) in [6, 6.07) is 0. The van der Waals surface area contributed by atoms with Gasteiger partial charge in [0.2, 0.25) is 0 Å². The zero-order valence-electron chi connectivity index (χ0n) is 5.68. The lowest BCUT2D eigenvalue weighted by Gasteiger charge is -2.03. The maximum absolute atomic E-state index is 8.38. The van der Waals surface area contributed by atoms with Gasteiger partial charge in [-0.3, -0.25) is 0 Å². The fraction of sp³-hybridized carbons (Fsp3) is 1.00. The summed E-state index contributed by atoms with van der Waals surface area (Å²) in [5, 5.41) is 16.8. The van der Waals surface area contributed by atoms with Crippen LogP contribution < -0.4 is 0 Å². The lowest BCUT2D eigenvalue weighted by molar-refractivity contribution is 0.0438. The zero-order chi connectivity index (χ0) is 5.15. The SMILES string of the molecule is CC(O)C(C)O.Cl.Cl.Cl.Cl. The Kier molecular flexibility index (Phi) is 50.5. The topological polar surface area (TPSA) is 40.5 Å². The second kappa shape index (κ2) is 16.6. The number of hydrogen-bond donors (Lipinski definition) is 2. The molecule has 0 aromatic carbocycles. The highest BCUT2D eigenvalue weighted by Crippen LogP contribution is 1.85. The van der Waals surface area contributed by atoms with Gasteiger partial charge in [0.25, 0.3) is 0 Å². The van der Waals surface area contributed by atoms with Gasteiger partial charge in [-0.05, 0) is 13.8 Å². The molecule has 0 saturated carbocycles. The fourth-order valence-corrected chi connectivity index (χ4v) is 0. The maximum Gasteiger partial charge on any atom is 0.0768 e. The minimum atomic E-state index is -0.593. The van der Waals surface area contributed by atoms with Gasteiger partial charge in [-0.2, -0.15) is 0 Å². The molecule has 10 heavy (non-hydrogen) atoms.